The second-order valence-corrected chi connectivity index (χ2v) is 5.52. The third-order valence-electron chi connectivity index (χ3n) is 2.96. The molecule has 19 heavy (non-hydrogen) atoms. The second kappa shape index (κ2) is 8.09. The van der Waals surface area contributed by atoms with E-state index in [0.717, 1.165) is 12.8 Å². The van der Waals surface area contributed by atoms with Gasteiger partial charge in [-0.15, -0.1) is 0 Å². The van der Waals surface area contributed by atoms with E-state index in [1.165, 1.54) is 25.5 Å². The second-order valence-electron chi connectivity index (χ2n) is 4.67. The molecule has 1 heterocycles. The van der Waals surface area contributed by atoms with Crippen LogP contribution in [0.2, 0.25) is 0 Å². The number of nitro groups is 1. The number of halogens is 1. The molecule has 1 aromatic rings. The van der Waals surface area contributed by atoms with E-state index in [9.17, 15) is 10.1 Å². The number of pyridine rings is 1. The molecule has 0 aliphatic heterocycles. The average Bonchev–Trinajstić information content (AvgIpc) is 2.37. The standard InChI is InChI=1S/C13H20BrN3O2/c1-3-4-5-6-7-10(2)16-13-11(14)8-15-9-12(13)17(18)19/h8-10H,3-7H2,1-2H3,(H,15,16). The lowest BCUT2D eigenvalue weighted by Gasteiger charge is -2.16. The highest BCUT2D eigenvalue weighted by Gasteiger charge is 2.18. The first-order chi connectivity index (χ1) is 9.06. The van der Waals surface area contributed by atoms with Gasteiger partial charge in [-0.3, -0.25) is 15.1 Å². The topological polar surface area (TPSA) is 68.1 Å². The van der Waals surface area contributed by atoms with Crippen LogP contribution in [0.4, 0.5) is 11.4 Å². The van der Waals surface area contributed by atoms with Gasteiger partial charge >= 0.3 is 5.69 Å². The van der Waals surface area contributed by atoms with Gasteiger partial charge in [0, 0.05) is 12.2 Å². The van der Waals surface area contributed by atoms with Crippen LogP contribution in [0.1, 0.15) is 46.0 Å². The first-order valence-corrected chi connectivity index (χ1v) is 7.40. The molecule has 0 spiro atoms. The minimum atomic E-state index is -0.413. The monoisotopic (exact) mass is 329 g/mol. The van der Waals surface area contributed by atoms with Gasteiger partial charge in [-0.25, -0.2) is 0 Å². The summed E-state index contributed by atoms with van der Waals surface area (Å²) >= 11 is 3.31. The normalized spacial score (nSPS) is 12.2. The van der Waals surface area contributed by atoms with E-state index in [-0.39, 0.29) is 11.7 Å². The van der Waals surface area contributed by atoms with Crippen molar-refractivity contribution in [3.8, 4) is 0 Å². The van der Waals surface area contributed by atoms with Crippen LogP contribution < -0.4 is 5.32 Å². The predicted octanol–water partition coefficient (Wildman–Crippen LogP) is 4.52. The lowest BCUT2D eigenvalue weighted by Crippen LogP contribution is -2.16. The molecule has 0 fully saturated rings. The summed E-state index contributed by atoms with van der Waals surface area (Å²) in [6.45, 7) is 4.22. The van der Waals surface area contributed by atoms with Crippen molar-refractivity contribution >= 4 is 27.3 Å². The van der Waals surface area contributed by atoms with Crippen molar-refractivity contribution in [1.82, 2.24) is 4.98 Å². The summed E-state index contributed by atoms with van der Waals surface area (Å²) in [7, 11) is 0. The van der Waals surface area contributed by atoms with E-state index in [0.29, 0.717) is 10.2 Å². The molecule has 1 unspecified atom stereocenters. The van der Waals surface area contributed by atoms with Crippen molar-refractivity contribution in [3.63, 3.8) is 0 Å². The van der Waals surface area contributed by atoms with Crippen LogP contribution in [0.15, 0.2) is 16.9 Å². The van der Waals surface area contributed by atoms with Gasteiger partial charge in [-0.2, -0.15) is 0 Å². The zero-order chi connectivity index (χ0) is 14.3. The Bertz CT molecular complexity index is 426. The van der Waals surface area contributed by atoms with Crippen LogP contribution in [-0.2, 0) is 0 Å². The highest BCUT2D eigenvalue weighted by Crippen LogP contribution is 2.31. The Morgan fingerprint density at radius 2 is 2.16 bits per heavy atom. The number of hydrogen-bond acceptors (Lipinski definition) is 4. The van der Waals surface area contributed by atoms with Crippen molar-refractivity contribution in [1.29, 1.82) is 0 Å². The van der Waals surface area contributed by atoms with E-state index in [4.69, 9.17) is 0 Å². The van der Waals surface area contributed by atoms with Gasteiger partial charge < -0.3 is 5.32 Å². The Labute approximate surface area is 122 Å². The maximum absolute atomic E-state index is 11.0. The predicted molar refractivity (Wildman–Crippen MR) is 80.4 cm³/mol. The molecule has 1 atom stereocenters. The number of anilines is 1. The largest absolute Gasteiger partial charge is 0.376 e. The Balaban J connectivity index is 2.63. The van der Waals surface area contributed by atoms with Crippen molar-refractivity contribution in [2.45, 2.75) is 52.0 Å². The minimum absolute atomic E-state index is 0.00906. The third kappa shape index (κ3) is 5.14. The molecule has 0 radical (unpaired) electrons. The Morgan fingerprint density at radius 1 is 1.42 bits per heavy atom. The van der Waals surface area contributed by atoms with E-state index in [1.54, 1.807) is 6.20 Å². The SMILES string of the molecule is CCCCCCC(C)Nc1c(Br)cncc1[N+](=O)[O-]. The number of unbranched alkanes of at least 4 members (excludes halogenated alkanes) is 3. The summed E-state index contributed by atoms with van der Waals surface area (Å²) in [5.74, 6) is 0. The van der Waals surface area contributed by atoms with Gasteiger partial charge in [-0.05, 0) is 29.3 Å². The molecule has 0 bridgehead atoms. The maximum Gasteiger partial charge on any atom is 0.311 e. The molecule has 106 valence electrons. The summed E-state index contributed by atoms with van der Waals surface area (Å²) in [5.41, 5.74) is 0.526. The molecule has 0 saturated heterocycles. The fourth-order valence-corrected chi connectivity index (χ4v) is 2.34. The van der Waals surface area contributed by atoms with Crippen LogP contribution in [0.25, 0.3) is 0 Å². The van der Waals surface area contributed by atoms with E-state index in [1.807, 2.05) is 6.92 Å². The van der Waals surface area contributed by atoms with Gasteiger partial charge in [-0.1, -0.05) is 32.6 Å². The minimum Gasteiger partial charge on any atom is -0.376 e. The quantitative estimate of drug-likeness (QED) is 0.432. The molecule has 0 aliphatic rings. The molecule has 1 aromatic heterocycles. The van der Waals surface area contributed by atoms with E-state index >= 15 is 0 Å². The lowest BCUT2D eigenvalue weighted by atomic mass is 10.1. The van der Waals surface area contributed by atoms with Crippen LogP contribution in [0.5, 0.6) is 0 Å². The first kappa shape index (κ1) is 15.9. The maximum atomic E-state index is 11.0. The van der Waals surface area contributed by atoms with E-state index < -0.39 is 4.92 Å². The summed E-state index contributed by atoms with van der Waals surface area (Å²) < 4.78 is 0.627. The van der Waals surface area contributed by atoms with Crippen LogP contribution >= 0.6 is 15.9 Å². The van der Waals surface area contributed by atoms with Gasteiger partial charge in [0.2, 0.25) is 0 Å². The highest BCUT2D eigenvalue weighted by atomic mass is 79.9. The summed E-state index contributed by atoms with van der Waals surface area (Å²) in [4.78, 5) is 14.4. The molecule has 0 aromatic carbocycles. The van der Waals surface area contributed by atoms with Crippen LogP contribution in [0.3, 0.4) is 0 Å². The number of nitrogens with zero attached hydrogens (tertiary/aromatic N) is 2. The molecular formula is C13H20BrN3O2. The fraction of sp³-hybridized carbons (Fsp3) is 0.615. The van der Waals surface area contributed by atoms with Crippen LogP contribution in [0, 0.1) is 10.1 Å². The molecule has 5 nitrogen and oxygen atoms in total. The van der Waals surface area contributed by atoms with Gasteiger partial charge in [0.05, 0.1) is 9.40 Å². The fourth-order valence-electron chi connectivity index (χ4n) is 1.90. The lowest BCUT2D eigenvalue weighted by molar-refractivity contribution is -0.384. The van der Waals surface area contributed by atoms with Gasteiger partial charge in [0.25, 0.3) is 0 Å². The third-order valence-corrected chi connectivity index (χ3v) is 3.56. The molecule has 1 rings (SSSR count). The molecule has 1 N–H and O–H groups in total. The number of hydrogen-bond donors (Lipinski definition) is 1. The molecule has 0 amide bonds. The van der Waals surface area contributed by atoms with Crippen LogP contribution in [-0.4, -0.2) is 15.9 Å². The average molecular weight is 330 g/mol. The molecule has 0 aliphatic carbocycles. The Morgan fingerprint density at radius 3 is 2.79 bits per heavy atom. The summed E-state index contributed by atoms with van der Waals surface area (Å²) in [5, 5.41) is 14.2. The van der Waals surface area contributed by atoms with Gasteiger partial charge in [0.1, 0.15) is 11.9 Å². The highest BCUT2D eigenvalue weighted by molar-refractivity contribution is 9.10. The zero-order valence-corrected chi connectivity index (χ0v) is 12.9. The number of nitrogens with one attached hydrogen (secondary N) is 1. The van der Waals surface area contributed by atoms with Crippen molar-refractivity contribution in [2.75, 3.05) is 5.32 Å². The smallest absolute Gasteiger partial charge is 0.311 e. The Kier molecular flexibility index (Phi) is 6.77. The van der Waals surface area contributed by atoms with Gasteiger partial charge in [0.15, 0.2) is 0 Å². The number of aromatic nitrogens is 1. The Hall–Kier alpha value is -1.17. The molecular weight excluding hydrogens is 310 g/mol. The summed E-state index contributed by atoms with van der Waals surface area (Å²) in [6, 6.07) is 0.203. The van der Waals surface area contributed by atoms with Crippen molar-refractivity contribution in [2.24, 2.45) is 0 Å². The van der Waals surface area contributed by atoms with Crippen molar-refractivity contribution in [3.05, 3.63) is 27.0 Å². The van der Waals surface area contributed by atoms with Crippen molar-refractivity contribution < 1.29 is 4.92 Å². The zero-order valence-electron chi connectivity index (χ0n) is 11.4. The molecule has 0 saturated carbocycles. The first-order valence-electron chi connectivity index (χ1n) is 6.60. The number of rotatable bonds is 8. The summed E-state index contributed by atoms with van der Waals surface area (Å²) in [6.07, 6.45) is 8.65. The van der Waals surface area contributed by atoms with E-state index in [2.05, 4.69) is 33.2 Å². The molecule has 6 heteroatoms.